The number of phenols is 1. The van der Waals surface area contributed by atoms with Crippen molar-refractivity contribution in [3.05, 3.63) is 28.3 Å². The Morgan fingerprint density at radius 2 is 2.08 bits per heavy atom. The van der Waals surface area contributed by atoms with Crippen LogP contribution in [0.2, 0.25) is 0 Å². The van der Waals surface area contributed by atoms with Crippen LogP contribution in [0.1, 0.15) is 0 Å². The zero-order valence-corrected chi connectivity index (χ0v) is 5.52. The summed E-state index contributed by atoms with van der Waals surface area (Å²) in [4.78, 5) is 9.48. The summed E-state index contributed by atoms with van der Waals surface area (Å²) in [5.74, 6) is -0.371. The van der Waals surface area contributed by atoms with E-state index in [1.165, 1.54) is 12.1 Å². The molecular weight excluding hydrogens is 171 g/mol. The Balaban J connectivity index is 0.00000121. The van der Waals surface area contributed by atoms with Gasteiger partial charge in [0.2, 0.25) is 0 Å². The number of nitro benzene ring substituents is 1. The molecule has 12 heavy (non-hydrogen) atoms. The first-order chi connectivity index (χ1) is 5.11. The SMILES string of the molecule is Nc1ccc(O)c([N+](=O)[O-])c1.[NaH]. The van der Waals surface area contributed by atoms with Gasteiger partial charge in [0, 0.05) is 11.8 Å². The van der Waals surface area contributed by atoms with Gasteiger partial charge >= 0.3 is 35.2 Å². The molecule has 0 atom stereocenters. The summed E-state index contributed by atoms with van der Waals surface area (Å²) in [7, 11) is 0. The second-order valence-corrected chi connectivity index (χ2v) is 2.01. The minimum atomic E-state index is -0.689. The summed E-state index contributed by atoms with van der Waals surface area (Å²) in [6.07, 6.45) is 0. The number of hydrogen-bond acceptors (Lipinski definition) is 4. The zero-order valence-electron chi connectivity index (χ0n) is 5.52. The van der Waals surface area contributed by atoms with E-state index in [9.17, 15) is 10.1 Å². The molecule has 0 saturated carbocycles. The van der Waals surface area contributed by atoms with Gasteiger partial charge in [0.05, 0.1) is 4.92 Å². The topological polar surface area (TPSA) is 89.4 Å². The molecule has 0 unspecified atom stereocenters. The zero-order chi connectivity index (χ0) is 8.43. The van der Waals surface area contributed by atoms with Crippen molar-refractivity contribution in [1.82, 2.24) is 0 Å². The van der Waals surface area contributed by atoms with E-state index in [0.717, 1.165) is 6.07 Å². The fourth-order valence-electron chi connectivity index (χ4n) is 0.687. The number of anilines is 1. The molecule has 0 heterocycles. The Kier molecular flexibility index (Phi) is 4.02. The van der Waals surface area contributed by atoms with Gasteiger partial charge in [-0.05, 0) is 12.1 Å². The molecular formula is C6H7N2NaO3. The van der Waals surface area contributed by atoms with E-state index >= 15 is 0 Å². The van der Waals surface area contributed by atoms with Crippen LogP contribution in [-0.2, 0) is 0 Å². The third kappa shape index (κ3) is 2.37. The van der Waals surface area contributed by atoms with Gasteiger partial charge in [0.15, 0.2) is 5.75 Å². The molecule has 60 valence electrons. The molecule has 0 aliphatic heterocycles. The molecule has 0 radical (unpaired) electrons. The average molecular weight is 178 g/mol. The number of aromatic hydroxyl groups is 1. The molecule has 5 nitrogen and oxygen atoms in total. The van der Waals surface area contributed by atoms with E-state index in [-0.39, 0.29) is 46.7 Å². The number of nitrogens with two attached hydrogens (primary N) is 1. The average Bonchev–Trinajstić information content (AvgIpc) is 1.94. The molecule has 0 saturated heterocycles. The molecule has 0 fully saturated rings. The van der Waals surface area contributed by atoms with Crippen molar-refractivity contribution in [2.75, 3.05) is 5.73 Å². The normalized spacial score (nSPS) is 8.67. The van der Waals surface area contributed by atoms with Crippen LogP contribution < -0.4 is 5.73 Å². The van der Waals surface area contributed by atoms with Gasteiger partial charge < -0.3 is 10.8 Å². The van der Waals surface area contributed by atoms with Crippen molar-refractivity contribution in [3.8, 4) is 5.75 Å². The second-order valence-electron chi connectivity index (χ2n) is 2.01. The molecule has 3 N–H and O–H groups in total. The second kappa shape index (κ2) is 4.30. The molecule has 6 heteroatoms. The molecule has 0 aromatic heterocycles. The van der Waals surface area contributed by atoms with E-state index < -0.39 is 4.92 Å². The van der Waals surface area contributed by atoms with E-state index in [1.54, 1.807) is 0 Å². The third-order valence-electron chi connectivity index (χ3n) is 1.20. The van der Waals surface area contributed by atoms with E-state index in [0.29, 0.717) is 0 Å². The van der Waals surface area contributed by atoms with Gasteiger partial charge in [0.1, 0.15) is 0 Å². The summed E-state index contributed by atoms with van der Waals surface area (Å²) in [6.45, 7) is 0. The number of hydrogen-bond donors (Lipinski definition) is 2. The Morgan fingerprint density at radius 3 is 2.50 bits per heavy atom. The van der Waals surface area contributed by atoms with Crippen LogP contribution in [0.3, 0.4) is 0 Å². The van der Waals surface area contributed by atoms with Crippen molar-refractivity contribution < 1.29 is 10.0 Å². The molecule has 1 rings (SSSR count). The van der Waals surface area contributed by atoms with Crippen molar-refractivity contribution in [2.24, 2.45) is 0 Å². The maximum atomic E-state index is 10.2. The third-order valence-corrected chi connectivity index (χ3v) is 1.20. The van der Waals surface area contributed by atoms with Crippen LogP contribution in [0.25, 0.3) is 0 Å². The Hall–Kier alpha value is -0.780. The fraction of sp³-hybridized carbons (Fsp3) is 0. The van der Waals surface area contributed by atoms with Crippen LogP contribution in [0, 0.1) is 10.1 Å². The first-order valence-electron chi connectivity index (χ1n) is 2.84. The van der Waals surface area contributed by atoms with E-state index in [4.69, 9.17) is 10.8 Å². The molecule has 1 aromatic rings. The van der Waals surface area contributed by atoms with Gasteiger partial charge in [-0.15, -0.1) is 0 Å². The maximum absolute atomic E-state index is 10.2. The van der Waals surface area contributed by atoms with E-state index in [1.807, 2.05) is 0 Å². The summed E-state index contributed by atoms with van der Waals surface area (Å²) >= 11 is 0. The summed E-state index contributed by atoms with van der Waals surface area (Å²) in [5, 5.41) is 19.1. The Labute approximate surface area is 90.6 Å². The van der Waals surface area contributed by atoms with Crippen LogP contribution in [-0.4, -0.2) is 39.6 Å². The predicted molar refractivity (Wildman–Crippen MR) is 46.3 cm³/mol. The number of phenolic OH excluding ortho intramolecular Hbond substituents is 1. The predicted octanol–water partition coefficient (Wildman–Crippen LogP) is 0.234. The summed E-state index contributed by atoms with van der Waals surface area (Å²) in [5.41, 5.74) is 5.14. The first-order valence-corrected chi connectivity index (χ1v) is 2.84. The number of nitrogen functional groups attached to an aromatic ring is 1. The Morgan fingerprint density at radius 1 is 1.50 bits per heavy atom. The number of rotatable bonds is 1. The van der Waals surface area contributed by atoms with Gasteiger partial charge in [-0.3, -0.25) is 10.1 Å². The van der Waals surface area contributed by atoms with Gasteiger partial charge in [0.25, 0.3) is 0 Å². The van der Waals surface area contributed by atoms with Crippen molar-refractivity contribution >= 4 is 40.9 Å². The quantitative estimate of drug-likeness (QED) is 0.212. The van der Waals surface area contributed by atoms with Crippen LogP contribution in [0.5, 0.6) is 5.75 Å². The van der Waals surface area contributed by atoms with Gasteiger partial charge in [-0.2, -0.15) is 0 Å². The van der Waals surface area contributed by atoms with E-state index in [2.05, 4.69) is 0 Å². The standard InChI is InChI=1S/C6H6N2O3.Na.H/c7-4-1-2-6(9)5(3-4)8(10)11;;/h1-3,9H,7H2;;. The first kappa shape index (κ1) is 11.2. The summed E-state index contributed by atoms with van der Waals surface area (Å²) in [6, 6.07) is 3.69. The number of benzene rings is 1. The fourth-order valence-corrected chi connectivity index (χ4v) is 0.687. The van der Waals surface area contributed by atoms with Gasteiger partial charge in [-0.25, -0.2) is 0 Å². The molecule has 0 aliphatic carbocycles. The molecule has 0 bridgehead atoms. The number of nitrogens with zero attached hydrogens (tertiary/aromatic N) is 1. The molecule has 1 aromatic carbocycles. The monoisotopic (exact) mass is 178 g/mol. The Bertz CT molecular complexity index is 303. The van der Waals surface area contributed by atoms with Gasteiger partial charge in [-0.1, -0.05) is 0 Å². The minimum absolute atomic E-state index is 0. The van der Waals surface area contributed by atoms with Crippen LogP contribution in [0.4, 0.5) is 11.4 Å². The molecule has 0 spiro atoms. The van der Waals surface area contributed by atoms with Crippen molar-refractivity contribution in [1.29, 1.82) is 0 Å². The van der Waals surface area contributed by atoms with Crippen molar-refractivity contribution in [2.45, 2.75) is 0 Å². The molecule has 0 amide bonds. The number of nitro groups is 1. The molecule has 0 aliphatic rings. The van der Waals surface area contributed by atoms with Crippen molar-refractivity contribution in [3.63, 3.8) is 0 Å². The van der Waals surface area contributed by atoms with Crippen LogP contribution in [0.15, 0.2) is 18.2 Å². The summed E-state index contributed by atoms with van der Waals surface area (Å²) < 4.78 is 0. The van der Waals surface area contributed by atoms with Crippen LogP contribution >= 0.6 is 0 Å².